The zero-order valence-electron chi connectivity index (χ0n) is 12.3. The topological polar surface area (TPSA) is 93.1 Å². The number of hydrogen-bond donors (Lipinski definition) is 2. The third kappa shape index (κ3) is 10.8. The Morgan fingerprint density at radius 3 is 2.20 bits per heavy atom. The number of carbonyl (C=O) groups excluding carboxylic acids is 2. The van der Waals surface area contributed by atoms with Crippen molar-refractivity contribution in [1.29, 1.82) is 0 Å². The van der Waals surface area contributed by atoms with E-state index in [1.54, 1.807) is 0 Å². The highest BCUT2D eigenvalue weighted by molar-refractivity contribution is 5.73. The van der Waals surface area contributed by atoms with Gasteiger partial charge < -0.3 is 19.7 Å². The van der Waals surface area contributed by atoms with Crippen LogP contribution in [0.3, 0.4) is 0 Å². The van der Waals surface area contributed by atoms with Gasteiger partial charge in [0.15, 0.2) is 0 Å². The highest BCUT2D eigenvalue weighted by Gasteiger charge is 2.14. The minimum absolute atomic E-state index is 0.207. The lowest BCUT2D eigenvalue weighted by Crippen LogP contribution is -2.28. The Bertz CT molecular complexity index is 277. The third-order valence-corrected chi connectivity index (χ3v) is 2.68. The van der Waals surface area contributed by atoms with Gasteiger partial charge >= 0.3 is 11.9 Å². The van der Waals surface area contributed by atoms with Crippen molar-refractivity contribution < 1.29 is 29.3 Å². The van der Waals surface area contributed by atoms with Gasteiger partial charge in [0.1, 0.15) is 25.4 Å². The fourth-order valence-electron chi connectivity index (χ4n) is 1.48. The summed E-state index contributed by atoms with van der Waals surface area (Å²) in [7, 11) is 0. The molecule has 0 bridgehead atoms. The molecule has 0 aliphatic rings. The van der Waals surface area contributed by atoms with Crippen LogP contribution in [0.2, 0.25) is 0 Å². The Kier molecular flexibility index (Phi) is 11.0. The lowest BCUT2D eigenvalue weighted by Gasteiger charge is -2.12. The van der Waals surface area contributed by atoms with Crippen molar-refractivity contribution >= 4 is 11.9 Å². The SMILES string of the molecule is CCCCCCCC(=O)OCC(O)COC(=O)C(C)O. The predicted octanol–water partition coefficient (Wildman–Crippen LogP) is 1.17. The van der Waals surface area contributed by atoms with Crippen LogP contribution in [0.25, 0.3) is 0 Å². The molecule has 0 aliphatic carbocycles. The molecule has 0 amide bonds. The summed E-state index contributed by atoms with van der Waals surface area (Å²) < 4.78 is 9.45. The first-order valence-corrected chi connectivity index (χ1v) is 7.15. The first-order chi connectivity index (χ1) is 9.47. The zero-order chi connectivity index (χ0) is 15.4. The minimum Gasteiger partial charge on any atom is -0.463 e. The van der Waals surface area contributed by atoms with E-state index in [-0.39, 0.29) is 19.2 Å². The van der Waals surface area contributed by atoms with Crippen molar-refractivity contribution in [2.75, 3.05) is 13.2 Å². The number of ether oxygens (including phenoxy) is 2. The molecule has 0 radical (unpaired) electrons. The predicted molar refractivity (Wildman–Crippen MR) is 73.0 cm³/mol. The number of esters is 2. The molecule has 118 valence electrons. The second kappa shape index (κ2) is 11.7. The Hall–Kier alpha value is -1.14. The number of hydrogen-bond acceptors (Lipinski definition) is 6. The summed E-state index contributed by atoms with van der Waals surface area (Å²) in [4.78, 5) is 22.3. The molecular formula is C14H26O6. The van der Waals surface area contributed by atoms with Crippen LogP contribution in [0.1, 0.15) is 52.4 Å². The molecule has 0 heterocycles. The number of carbonyl (C=O) groups is 2. The van der Waals surface area contributed by atoms with E-state index in [0.29, 0.717) is 6.42 Å². The molecule has 0 aromatic rings. The Balaban J connectivity index is 3.55. The van der Waals surface area contributed by atoms with E-state index in [9.17, 15) is 14.7 Å². The fourth-order valence-corrected chi connectivity index (χ4v) is 1.48. The quantitative estimate of drug-likeness (QED) is 0.438. The van der Waals surface area contributed by atoms with Crippen molar-refractivity contribution in [2.45, 2.75) is 64.6 Å². The van der Waals surface area contributed by atoms with Gasteiger partial charge in [0.25, 0.3) is 0 Å². The molecular weight excluding hydrogens is 264 g/mol. The molecule has 0 fully saturated rings. The van der Waals surface area contributed by atoms with Crippen molar-refractivity contribution in [3.05, 3.63) is 0 Å². The molecule has 20 heavy (non-hydrogen) atoms. The van der Waals surface area contributed by atoms with Gasteiger partial charge in [-0.25, -0.2) is 4.79 Å². The van der Waals surface area contributed by atoms with Crippen molar-refractivity contribution in [1.82, 2.24) is 0 Å². The van der Waals surface area contributed by atoms with E-state index in [1.165, 1.54) is 13.3 Å². The van der Waals surface area contributed by atoms with E-state index in [0.717, 1.165) is 25.7 Å². The van der Waals surface area contributed by atoms with Crippen LogP contribution >= 0.6 is 0 Å². The molecule has 0 saturated heterocycles. The highest BCUT2D eigenvalue weighted by Crippen LogP contribution is 2.05. The Morgan fingerprint density at radius 2 is 1.60 bits per heavy atom. The van der Waals surface area contributed by atoms with Gasteiger partial charge in [-0.15, -0.1) is 0 Å². The molecule has 6 nitrogen and oxygen atoms in total. The van der Waals surface area contributed by atoms with E-state index in [1.807, 2.05) is 0 Å². The number of aliphatic hydroxyl groups excluding tert-OH is 2. The first kappa shape index (κ1) is 18.9. The number of unbranched alkanes of at least 4 members (excludes halogenated alkanes) is 4. The van der Waals surface area contributed by atoms with Crippen LogP contribution in [0.15, 0.2) is 0 Å². The lowest BCUT2D eigenvalue weighted by atomic mass is 10.1. The summed E-state index contributed by atoms with van der Waals surface area (Å²) in [5.74, 6) is -1.17. The van der Waals surface area contributed by atoms with Gasteiger partial charge in [0.2, 0.25) is 0 Å². The molecule has 0 saturated carbocycles. The molecule has 0 rings (SSSR count). The number of aliphatic hydroxyl groups is 2. The second-order valence-electron chi connectivity index (χ2n) is 4.81. The maximum absolute atomic E-state index is 11.3. The summed E-state index contributed by atoms with van der Waals surface area (Å²) in [5.41, 5.74) is 0. The normalized spacial score (nSPS) is 13.6. The summed E-state index contributed by atoms with van der Waals surface area (Å²) in [6, 6.07) is 0. The average Bonchev–Trinajstić information content (AvgIpc) is 2.42. The van der Waals surface area contributed by atoms with Crippen LogP contribution in [0.4, 0.5) is 0 Å². The summed E-state index contributed by atoms with van der Waals surface area (Å²) >= 11 is 0. The third-order valence-electron chi connectivity index (χ3n) is 2.68. The van der Waals surface area contributed by atoms with E-state index in [2.05, 4.69) is 11.7 Å². The maximum atomic E-state index is 11.3. The molecule has 2 N–H and O–H groups in total. The summed E-state index contributed by atoms with van der Waals surface area (Å²) in [6.45, 7) is 2.89. The van der Waals surface area contributed by atoms with Gasteiger partial charge in [-0.05, 0) is 13.3 Å². The summed E-state index contributed by atoms with van der Waals surface area (Å²) in [5, 5.41) is 18.3. The average molecular weight is 290 g/mol. The standard InChI is InChI=1S/C14H26O6/c1-3-4-5-6-7-8-13(17)19-9-12(16)10-20-14(18)11(2)15/h11-12,15-16H,3-10H2,1-2H3. The van der Waals surface area contributed by atoms with Crippen LogP contribution < -0.4 is 0 Å². The van der Waals surface area contributed by atoms with E-state index < -0.39 is 18.2 Å². The number of rotatable bonds is 11. The van der Waals surface area contributed by atoms with Gasteiger partial charge in [0, 0.05) is 6.42 Å². The molecule has 2 unspecified atom stereocenters. The van der Waals surface area contributed by atoms with Crippen LogP contribution in [0.5, 0.6) is 0 Å². The first-order valence-electron chi connectivity index (χ1n) is 7.15. The van der Waals surface area contributed by atoms with Crippen molar-refractivity contribution in [2.24, 2.45) is 0 Å². The van der Waals surface area contributed by atoms with Crippen LogP contribution in [-0.2, 0) is 19.1 Å². The lowest BCUT2D eigenvalue weighted by molar-refractivity contribution is -0.158. The fraction of sp³-hybridized carbons (Fsp3) is 0.857. The van der Waals surface area contributed by atoms with Gasteiger partial charge in [-0.2, -0.15) is 0 Å². The zero-order valence-corrected chi connectivity index (χ0v) is 12.3. The molecule has 2 atom stereocenters. The smallest absolute Gasteiger partial charge is 0.334 e. The van der Waals surface area contributed by atoms with Gasteiger partial charge in [-0.3, -0.25) is 4.79 Å². The van der Waals surface area contributed by atoms with Crippen molar-refractivity contribution in [3.8, 4) is 0 Å². The highest BCUT2D eigenvalue weighted by atomic mass is 16.6. The minimum atomic E-state index is -1.23. The Morgan fingerprint density at radius 1 is 1.00 bits per heavy atom. The van der Waals surface area contributed by atoms with Gasteiger partial charge in [0.05, 0.1) is 0 Å². The van der Waals surface area contributed by atoms with E-state index >= 15 is 0 Å². The largest absolute Gasteiger partial charge is 0.463 e. The van der Waals surface area contributed by atoms with Crippen LogP contribution in [0, 0.1) is 0 Å². The Labute approximate surface area is 120 Å². The summed E-state index contributed by atoms with van der Waals surface area (Å²) in [6.07, 6.45) is 3.26. The molecule has 6 heteroatoms. The monoisotopic (exact) mass is 290 g/mol. The maximum Gasteiger partial charge on any atom is 0.334 e. The van der Waals surface area contributed by atoms with E-state index in [4.69, 9.17) is 9.84 Å². The second-order valence-corrected chi connectivity index (χ2v) is 4.81. The molecule has 0 spiro atoms. The molecule has 0 aromatic carbocycles. The van der Waals surface area contributed by atoms with Crippen LogP contribution in [-0.4, -0.2) is 47.6 Å². The molecule has 0 aliphatic heterocycles. The van der Waals surface area contributed by atoms with Crippen molar-refractivity contribution in [3.63, 3.8) is 0 Å². The molecule has 0 aromatic heterocycles. The van der Waals surface area contributed by atoms with Gasteiger partial charge in [-0.1, -0.05) is 32.6 Å².